The third kappa shape index (κ3) is 3.71. The smallest absolute Gasteiger partial charge is 0.258 e. The van der Waals surface area contributed by atoms with Crippen LogP contribution in [-0.4, -0.2) is 43.7 Å². The first-order valence-electron chi connectivity index (χ1n) is 9.42. The Hall–Kier alpha value is -3.29. The SMILES string of the molecule is Cc1cnc(C)c(N2CCC(n3nccc3NC(=O)c3cccnc3)CC2)n1. The molecule has 28 heavy (non-hydrogen) atoms. The maximum atomic E-state index is 12.4. The van der Waals surface area contributed by atoms with Crippen LogP contribution in [-0.2, 0) is 0 Å². The van der Waals surface area contributed by atoms with Crippen molar-refractivity contribution in [2.75, 3.05) is 23.3 Å². The van der Waals surface area contributed by atoms with Crippen LogP contribution in [0.15, 0.2) is 43.0 Å². The number of pyridine rings is 1. The predicted octanol–water partition coefficient (Wildman–Crippen LogP) is 2.78. The highest BCUT2D eigenvalue weighted by Crippen LogP contribution is 2.28. The molecule has 3 aromatic rings. The molecule has 0 unspecified atom stereocenters. The summed E-state index contributed by atoms with van der Waals surface area (Å²) in [5, 5.41) is 7.41. The molecule has 3 aromatic heterocycles. The third-order valence-corrected chi connectivity index (χ3v) is 5.00. The molecule has 1 saturated heterocycles. The van der Waals surface area contributed by atoms with Crippen molar-refractivity contribution in [2.45, 2.75) is 32.7 Å². The van der Waals surface area contributed by atoms with Crippen LogP contribution in [0.3, 0.4) is 0 Å². The van der Waals surface area contributed by atoms with Crippen LogP contribution < -0.4 is 10.2 Å². The van der Waals surface area contributed by atoms with Gasteiger partial charge in [-0.25, -0.2) is 9.67 Å². The number of aryl methyl sites for hydroxylation is 2. The van der Waals surface area contributed by atoms with E-state index in [1.54, 1.807) is 36.9 Å². The fourth-order valence-corrected chi connectivity index (χ4v) is 3.54. The summed E-state index contributed by atoms with van der Waals surface area (Å²) in [5.41, 5.74) is 2.40. The number of carbonyl (C=O) groups excluding carboxylic acids is 1. The van der Waals surface area contributed by atoms with Crippen molar-refractivity contribution in [1.82, 2.24) is 24.7 Å². The normalized spacial score (nSPS) is 14.9. The fraction of sp³-hybridized carbons (Fsp3) is 0.350. The van der Waals surface area contributed by atoms with Gasteiger partial charge in [0.25, 0.3) is 5.91 Å². The molecule has 0 atom stereocenters. The number of piperidine rings is 1. The summed E-state index contributed by atoms with van der Waals surface area (Å²) in [4.78, 5) is 27.8. The van der Waals surface area contributed by atoms with Crippen LogP contribution in [0.4, 0.5) is 11.6 Å². The molecule has 0 radical (unpaired) electrons. The second-order valence-corrected chi connectivity index (χ2v) is 7.00. The van der Waals surface area contributed by atoms with Gasteiger partial charge in [0.05, 0.1) is 29.2 Å². The van der Waals surface area contributed by atoms with Crippen molar-refractivity contribution in [3.05, 3.63) is 59.9 Å². The quantitative estimate of drug-likeness (QED) is 0.752. The average molecular weight is 377 g/mol. The minimum absolute atomic E-state index is 0.182. The summed E-state index contributed by atoms with van der Waals surface area (Å²) in [6, 6.07) is 5.55. The molecule has 8 nitrogen and oxygen atoms in total. The maximum absolute atomic E-state index is 12.4. The second-order valence-electron chi connectivity index (χ2n) is 7.00. The van der Waals surface area contributed by atoms with Gasteiger partial charge in [-0.05, 0) is 38.8 Å². The van der Waals surface area contributed by atoms with Crippen LogP contribution in [0.5, 0.6) is 0 Å². The molecule has 1 aliphatic heterocycles. The Morgan fingerprint density at radius 2 is 1.96 bits per heavy atom. The molecule has 0 aromatic carbocycles. The number of aromatic nitrogens is 5. The van der Waals surface area contributed by atoms with E-state index in [1.807, 2.05) is 24.6 Å². The first kappa shape index (κ1) is 18.1. The average Bonchev–Trinajstić information content (AvgIpc) is 3.18. The summed E-state index contributed by atoms with van der Waals surface area (Å²) < 4.78 is 1.92. The van der Waals surface area contributed by atoms with E-state index in [2.05, 4.69) is 30.3 Å². The molecule has 1 N–H and O–H groups in total. The summed E-state index contributed by atoms with van der Waals surface area (Å²) in [5.74, 6) is 1.49. The van der Waals surface area contributed by atoms with Gasteiger partial charge in [0.15, 0.2) is 0 Å². The van der Waals surface area contributed by atoms with Gasteiger partial charge >= 0.3 is 0 Å². The highest BCUT2D eigenvalue weighted by molar-refractivity contribution is 6.03. The van der Waals surface area contributed by atoms with Gasteiger partial charge < -0.3 is 10.2 Å². The van der Waals surface area contributed by atoms with Crippen molar-refractivity contribution >= 4 is 17.5 Å². The van der Waals surface area contributed by atoms with E-state index in [1.165, 1.54) is 0 Å². The van der Waals surface area contributed by atoms with Crippen LogP contribution in [0.2, 0.25) is 0 Å². The number of anilines is 2. The minimum Gasteiger partial charge on any atom is -0.355 e. The van der Waals surface area contributed by atoms with Crippen LogP contribution in [0, 0.1) is 13.8 Å². The van der Waals surface area contributed by atoms with E-state index < -0.39 is 0 Å². The zero-order chi connectivity index (χ0) is 19.5. The number of hydrogen-bond acceptors (Lipinski definition) is 6. The number of nitrogens with zero attached hydrogens (tertiary/aromatic N) is 6. The van der Waals surface area contributed by atoms with Gasteiger partial charge in [0.2, 0.25) is 0 Å². The predicted molar refractivity (Wildman–Crippen MR) is 106 cm³/mol. The lowest BCUT2D eigenvalue weighted by Gasteiger charge is -2.34. The first-order chi connectivity index (χ1) is 13.6. The summed E-state index contributed by atoms with van der Waals surface area (Å²) in [6.07, 6.45) is 8.57. The highest BCUT2D eigenvalue weighted by atomic mass is 16.1. The zero-order valence-corrected chi connectivity index (χ0v) is 16.0. The van der Waals surface area contributed by atoms with Gasteiger partial charge in [0.1, 0.15) is 11.6 Å². The molecule has 1 amide bonds. The summed E-state index contributed by atoms with van der Waals surface area (Å²) >= 11 is 0. The molecule has 0 bridgehead atoms. The number of carbonyl (C=O) groups is 1. The Kier molecular flexibility index (Phi) is 5.01. The zero-order valence-electron chi connectivity index (χ0n) is 16.0. The molecule has 0 saturated carbocycles. The van der Waals surface area contributed by atoms with Crippen molar-refractivity contribution in [3.63, 3.8) is 0 Å². The Morgan fingerprint density at radius 3 is 2.71 bits per heavy atom. The van der Waals surface area contributed by atoms with Gasteiger partial charge in [-0.2, -0.15) is 5.10 Å². The summed E-state index contributed by atoms with van der Waals surface area (Å²) in [7, 11) is 0. The number of nitrogens with one attached hydrogen (secondary N) is 1. The second kappa shape index (κ2) is 7.75. The van der Waals surface area contributed by atoms with Gasteiger partial charge in [-0.15, -0.1) is 0 Å². The van der Waals surface area contributed by atoms with Crippen LogP contribution in [0.1, 0.15) is 40.6 Å². The maximum Gasteiger partial charge on any atom is 0.258 e. The van der Waals surface area contributed by atoms with E-state index in [-0.39, 0.29) is 11.9 Å². The molecule has 0 spiro atoms. The number of amides is 1. The molecular weight excluding hydrogens is 354 g/mol. The lowest BCUT2D eigenvalue weighted by atomic mass is 10.0. The molecular formula is C20H23N7O. The highest BCUT2D eigenvalue weighted by Gasteiger charge is 2.25. The fourth-order valence-electron chi connectivity index (χ4n) is 3.54. The largest absolute Gasteiger partial charge is 0.355 e. The molecule has 1 fully saturated rings. The van der Waals surface area contributed by atoms with Gasteiger partial charge in [-0.3, -0.25) is 14.8 Å². The lowest BCUT2D eigenvalue weighted by molar-refractivity contribution is 0.102. The monoisotopic (exact) mass is 377 g/mol. The van der Waals surface area contributed by atoms with E-state index in [9.17, 15) is 4.79 Å². The Labute approximate surface area is 163 Å². The van der Waals surface area contributed by atoms with E-state index in [0.717, 1.165) is 43.1 Å². The Morgan fingerprint density at radius 1 is 1.14 bits per heavy atom. The Bertz CT molecular complexity index is 962. The van der Waals surface area contributed by atoms with Crippen molar-refractivity contribution in [1.29, 1.82) is 0 Å². The van der Waals surface area contributed by atoms with Crippen LogP contribution in [0.25, 0.3) is 0 Å². The standard InChI is InChI=1S/C20H23N7O/c1-14-12-22-15(2)19(24-14)26-10-6-17(7-11-26)27-18(5-9-23-27)25-20(28)16-4-3-8-21-13-16/h3-5,8-9,12-13,17H,6-7,10-11H2,1-2H3,(H,25,28). The van der Waals surface area contributed by atoms with Crippen molar-refractivity contribution < 1.29 is 4.79 Å². The van der Waals surface area contributed by atoms with E-state index in [4.69, 9.17) is 0 Å². The Balaban J connectivity index is 1.44. The first-order valence-corrected chi connectivity index (χ1v) is 9.42. The lowest BCUT2D eigenvalue weighted by Crippen LogP contribution is -2.36. The summed E-state index contributed by atoms with van der Waals surface area (Å²) in [6.45, 7) is 5.70. The molecule has 4 heterocycles. The van der Waals surface area contributed by atoms with E-state index >= 15 is 0 Å². The number of hydrogen-bond donors (Lipinski definition) is 1. The van der Waals surface area contributed by atoms with Gasteiger partial charge in [0, 0.05) is 37.7 Å². The molecule has 4 rings (SSSR count). The molecule has 1 aliphatic rings. The third-order valence-electron chi connectivity index (χ3n) is 5.00. The minimum atomic E-state index is -0.182. The van der Waals surface area contributed by atoms with Crippen molar-refractivity contribution in [3.8, 4) is 0 Å². The van der Waals surface area contributed by atoms with Crippen LogP contribution >= 0.6 is 0 Å². The van der Waals surface area contributed by atoms with Crippen molar-refractivity contribution in [2.24, 2.45) is 0 Å². The van der Waals surface area contributed by atoms with Gasteiger partial charge in [-0.1, -0.05) is 0 Å². The molecule has 144 valence electrons. The number of rotatable bonds is 4. The molecule has 8 heteroatoms. The van der Waals surface area contributed by atoms with E-state index in [0.29, 0.717) is 11.4 Å². The molecule has 0 aliphatic carbocycles. The topological polar surface area (TPSA) is 88.8 Å².